The van der Waals surface area contributed by atoms with Crippen LogP contribution < -0.4 is 10.4 Å². The molecular weight excluding hydrogens is 392 g/mol. The van der Waals surface area contributed by atoms with Crippen molar-refractivity contribution in [2.45, 2.75) is 57.1 Å². The van der Waals surface area contributed by atoms with E-state index in [2.05, 4.69) is 51.6 Å². The monoisotopic (exact) mass is 424 g/mol. The molecule has 1 aliphatic heterocycles. The Labute approximate surface area is 181 Å². The highest BCUT2D eigenvalue weighted by molar-refractivity contribution is 6.99. The first kappa shape index (κ1) is 22.6. The topological polar surface area (TPSA) is 44.8 Å². The average Bonchev–Trinajstić information content (AvgIpc) is 2.99. The van der Waals surface area contributed by atoms with Crippen molar-refractivity contribution >= 4 is 25.0 Å². The number of hydrogen-bond donors (Lipinski definition) is 0. The van der Waals surface area contributed by atoms with Crippen LogP contribution in [0.3, 0.4) is 0 Å². The van der Waals surface area contributed by atoms with Crippen molar-refractivity contribution in [3.8, 4) is 0 Å². The van der Waals surface area contributed by atoms with Crippen LogP contribution >= 0.6 is 0 Å². The smallest absolute Gasteiger partial charge is 0.261 e. The molecule has 30 heavy (non-hydrogen) atoms. The zero-order valence-corrected chi connectivity index (χ0v) is 19.6. The highest BCUT2D eigenvalue weighted by Crippen LogP contribution is 2.40. The summed E-state index contributed by atoms with van der Waals surface area (Å²) in [6.45, 7) is 14.2. The molecule has 160 valence electrons. The van der Waals surface area contributed by atoms with E-state index in [4.69, 9.17) is 13.9 Å². The van der Waals surface area contributed by atoms with Crippen LogP contribution in [0.1, 0.15) is 34.6 Å². The molecule has 0 bridgehead atoms. The van der Waals surface area contributed by atoms with E-state index in [1.54, 1.807) is 19.9 Å². The summed E-state index contributed by atoms with van der Waals surface area (Å²) in [7, 11) is -2.80. The van der Waals surface area contributed by atoms with E-state index < -0.39 is 25.8 Å². The summed E-state index contributed by atoms with van der Waals surface area (Å²) < 4.78 is 19.0. The fourth-order valence-corrected chi connectivity index (χ4v) is 9.01. The second-order valence-corrected chi connectivity index (χ2v) is 13.6. The van der Waals surface area contributed by atoms with Gasteiger partial charge >= 0.3 is 0 Å². The Morgan fingerprint density at radius 2 is 1.53 bits per heavy atom. The number of ether oxygens (including phenoxy) is 2. The molecule has 0 N–H and O–H groups in total. The van der Waals surface area contributed by atoms with E-state index in [-0.39, 0.29) is 11.6 Å². The number of hydrogen-bond acceptors (Lipinski definition) is 4. The van der Waals surface area contributed by atoms with Crippen LogP contribution in [-0.4, -0.2) is 38.7 Å². The Morgan fingerprint density at radius 3 is 1.93 bits per heavy atom. The standard InChI is InChI=1S/C25H32O4Si/c1-7-22-25(18-26,29-24(5,6)28-22)19-27-30(23(2,3)4,20-14-10-8-11-15-20)21-16-12-9-13-17-21/h7-18,22H,1,19H2,2-6H3/t22-,25-/m0/s1. The number of aldehydes is 1. The maximum absolute atomic E-state index is 12.3. The molecule has 0 aromatic heterocycles. The Bertz CT molecular complexity index is 834. The van der Waals surface area contributed by atoms with Crippen molar-refractivity contribution in [1.82, 2.24) is 0 Å². The van der Waals surface area contributed by atoms with E-state index in [1.165, 1.54) is 0 Å². The first-order valence-corrected chi connectivity index (χ1v) is 12.2. The average molecular weight is 425 g/mol. The molecule has 2 aromatic carbocycles. The second-order valence-electron chi connectivity index (χ2n) is 9.30. The molecule has 0 saturated carbocycles. The molecule has 1 aliphatic rings. The molecule has 1 saturated heterocycles. The lowest BCUT2D eigenvalue weighted by atomic mass is 10.0. The van der Waals surface area contributed by atoms with Crippen LogP contribution in [0.5, 0.6) is 0 Å². The van der Waals surface area contributed by atoms with Crippen molar-refractivity contribution < 1.29 is 18.7 Å². The summed E-state index contributed by atoms with van der Waals surface area (Å²) >= 11 is 0. The van der Waals surface area contributed by atoms with Gasteiger partial charge < -0.3 is 13.9 Å². The van der Waals surface area contributed by atoms with Gasteiger partial charge in [-0.1, -0.05) is 87.5 Å². The van der Waals surface area contributed by atoms with Gasteiger partial charge in [0.25, 0.3) is 8.32 Å². The fourth-order valence-electron chi connectivity index (χ4n) is 4.41. The van der Waals surface area contributed by atoms with Gasteiger partial charge in [0, 0.05) is 0 Å². The van der Waals surface area contributed by atoms with Gasteiger partial charge in [0.15, 0.2) is 17.7 Å². The Hall–Kier alpha value is -2.05. The normalized spacial score (nSPS) is 23.8. The molecule has 0 spiro atoms. The zero-order chi connectivity index (χ0) is 22.0. The van der Waals surface area contributed by atoms with E-state index in [0.717, 1.165) is 16.7 Å². The lowest BCUT2D eigenvalue weighted by Gasteiger charge is -2.44. The maximum atomic E-state index is 12.3. The number of benzene rings is 2. The summed E-state index contributed by atoms with van der Waals surface area (Å²) in [6, 6.07) is 20.7. The Kier molecular flexibility index (Phi) is 6.21. The van der Waals surface area contributed by atoms with Crippen LogP contribution in [0.4, 0.5) is 0 Å². The Balaban J connectivity index is 2.12. The van der Waals surface area contributed by atoms with Gasteiger partial charge in [-0.05, 0) is 29.3 Å². The van der Waals surface area contributed by atoms with Crippen molar-refractivity contribution in [3.05, 3.63) is 73.3 Å². The minimum Gasteiger partial charge on any atom is -0.404 e. The van der Waals surface area contributed by atoms with Gasteiger partial charge in [-0.25, -0.2) is 0 Å². The molecule has 0 radical (unpaired) electrons. The summed E-state index contributed by atoms with van der Waals surface area (Å²) in [6.07, 6.45) is 1.85. The van der Waals surface area contributed by atoms with Crippen LogP contribution in [-0.2, 0) is 18.7 Å². The van der Waals surface area contributed by atoms with E-state index in [1.807, 2.05) is 36.4 Å². The molecule has 5 heteroatoms. The number of rotatable bonds is 7. The summed E-state index contributed by atoms with van der Waals surface area (Å²) in [5.41, 5.74) is -1.24. The third kappa shape index (κ3) is 3.95. The summed E-state index contributed by atoms with van der Waals surface area (Å²) in [5.74, 6) is -0.894. The lowest BCUT2D eigenvalue weighted by molar-refractivity contribution is -0.170. The minimum atomic E-state index is -2.80. The quantitative estimate of drug-likeness (QED) is 0.385. The largest absolute Gasteiger partial charge is 0.404 e. The molecule has 0 unspecified atom stereocenters. The van der Waals surface area contributed by atoms with E-state index >= 15 is 0 Å². The van der Waals surface area contributed by atoms with E-state index in [9.17, 15) is 4.79 Å². The minimum absolute atomic E-state index is 0.0872. The molecule has 2 atom stereocenters. The second kappa shape index (κ2) is 8.23. The molecule has 4 nitrogen and oxygen atoms in total. The van der Waals surface area contributed by atoms with Gasteiger partial charge in [-0.15, -0.1) is 6.58 Å². The number of carbonyl (C=O) groups excluding carboxylic acids is 1. The van der Waals surface area contributed by atoms with Crippen molar-refractivity contribution in [2.75, 3.05) is 6.61 Å². The van der Waals surface area contributed by atoms with Crippen molar-refractivity contribution in [1.29, 1.82) is 0 Å². The highest BCUT2D eigenvalue weighted by atomic mass is 28.4. The molecule has 1 heterocycles. The lowest BCUT2D eigenvalue weighted by Crippen LogP contribution is -2.68. The third-order valence-electron chi connectivity index (χ3n) is 5.67. The van der Waals surface area contributed by atoms with Gasteiger partial charge in [0.1, 0.15) is 6.10 Å². The van der Waals surface area contributed by atoms with Crippen LogP contribution in [0.2, 0.25) is 5.04 Å². The molecule has 0 amide bonds. The van der Waals surface area contributed by atoms with Gasteiger partial charge in [0.05, 0.1) is 6.61 Å². The zero-order valence-electron chi connectivity index (χ0n) is 18.6. The predicted octanol–water partition coefficient (Wildman–Crippen LogP) is 3.84. The van der Waals surface area contributed by atoms with Gasteiger partial charge in [0.2, 0.25) is 0 Å². The molecule has 1 fully saturated rings. The van der Waals surface area contributed by atoms with Crippen molar-refractivity contribution in [3.63, 3.8) is 0 Å². The highest BCUT2D eigenvalue weighted by Gasteiger charge is 2.56. The predicted molar refractivity (Wildman–Crippen MR) is 123 cm³/mol. The first-order chi connectivity index (χ1) is 14.1. The molecule has 0 aliphatic carbocycles. The van der Waals surface area contributed by atoms with Crippen LogP contribution in [0.15, 0.2) is 73.3 Å². The number of carbonyl (C=O) groups is 1. The van der Waals surface area contributed by atoms with Crippen LogP contribution in [0.25, 0.3) is 0 Å². The first-order valence-electron chi connectivity index (χ1n) is 10.3. The maximum Gasteiger partial charge on any atom is 0.261 e. The SMILES string of the molecule is C=C[C@@H]1OC(C)(C)O[C@@]1(C=O)CO[Si](c1ccccc1)(c1ccccc1)C(C)(C)C. The molecule has 3 rings (SSSR count). The van der Waals surface area contributed by atoms with Gasteiger partial charge in [-0.2, -0.15) is 0 Å². The summed E-state index contributed by atoms with van der Waals surface area (Å²) in [4.78, 5) is 12.3. The van der Waals surface area contributed by atoms with Gasteiger partial charge in [-0.3, -0.25) is 4.79 Å². The molecule has 2 aromatic rings. The molecular formula is C25H32O4Si. The van der Waals surface area contributed by atoms with E-state index in [0.29, 0.717) is 0 Å². The Morgan fingerprint density at radius 1 is 1.03 bits per heavy atom. The summed E-state index contributed by atoms with van der Waals surface area (Å²) in [5, 5.41) is 2.11. The third-order valence-corrected chi connectivity index (χ3v) is 10.7. The fraction of sp³-hybridized carbons (Fsp3) is 0.400. The van der Waals surface area contributed by atoms with Crippen LogP contribution in [0, 0.1) is 0 Å². The van der Waals surface area contributed by atoms with Crippen molar-refractivity contribution in [2.24, 2.45) is 0 Å².